The number of rotatable bonds is 6. The second kappa shape index (κ2) is 7.57. The molecule has 0 saturated carbocycles. The quantitative estimate of drug-likeness (QED) is 0.583. The Balaban J connectivity index is 1.84. The summed E-state index contributed by atoms with van der Waals surface area (Å²) in [5, 5.41) is 0.750. The lowest BCUT2D eigenvalue weighted by molar-refractivity contribution is -0.122. The Labute approximate surface area is 146 Å². The number of aliphatic imine (C=N–C) groups is 1. The van der Waals surface area contributed by atoms with Crippen molar-refractivity contribution in [3.8, 4) is 11.5 Å². The average molecular weight is 344 g/mol. The van der Waals surface area contributed by atoms with Crippen molar-refractivity contribution in [1.82, 2.24) is 4.90 Å². The summed E-state index contributed by atoms with van der Waals surface area (Å²) in [6.07, 6.45) is 5.60. The molecule has 2 aliphatic heterocycles. The first-order valence-electron chi connectivity index (χ1n) is 7.98. The molecule has 6 heteroatoms. The molecule has 0 aliphatic carbocycles. The molecule has 0 fully saturated rings. The Hall–Kier alpha value is -2.21. The Morgan fingerprint density at radius 1 is 1.38 bits per heavy atom. The molecule has 1 aromatic carbocycles. The number of thioether (sulfide) groups is 1. The first-order chi connectivity index (χ1) is 11.7. The number of unbranched alkanes of at least 4 members (excludes halogenated alkanes) is 1. The van der Waals surface area contributed by atoms with Gasteiger partial charge in [-0.05, 0) is 30.2 Å². The molecule has 1 aromatic rings. The summed E-state index contributed by atoms with van der Waals surface area (Å²) in [5.74, 6) is 2.10. The Bertz CT molecular complexity index is 712. The molecule has 0 unspecified atom stereocenters. The molecule has 1 amide bonds. The van der Waals surface area contributed by atoms with E-state index in [4.69, 9.17) is 9.47 Å². The number of nitrogens with zero attached hydrogens (tertiary/aromatic N) is 2. The number of carbonyl (C=O) groups excluding carboxylic acids is 1. The monoisotopic (exact) mass is 344 g/mol. The maximum absolute atomic E-state index is 12.7. The van der Waals surface area contributed by atoms with Crippen molar-refractivity contribution in [2.24, 2.45) is 4.99 Å². The zero-order valence-corrected chi connectivity index (χ0v) is 14.5. The molecule has 2 heterocycles. The van der Waals surface area contributed by atoms with Gasteiger partial charge in [0.15, 0.2) is 16.7 Å². The highest BCUT2D eigenvalue weighted by Gasteiger charge is 2.29. The van der Waals surface area contributed by atoms with Crippen LogP contribution in [0.1, 0.15) is 25.3 Å². The summed E-state index contributed by atoms with van der Waals surface area (Å²) in [5.41, 5.74) is 1.33. The first-order valence-corrected chi connectivity index (χ1v) is 8.97. The van der Waals surface area contributed by atoms with E-state index in [2.05, 4.69) is 18.5 Å². The van der Waals surface area contributed by atoms with E-state index in [1.165, 1.54) is 11.8 Å². The molecule has 0 saturated heterocycles. The number of hydrogen-bond donors (Lipinski definition) is 0. The second-order valence-corrected chi connectivity index (χ2v) is 6.43. The van der Waals surface area contributed by atoms with Gasteiger partial charge in [0, 0.05) is 12.3 Å². The van der Waals surface area contributed by atoms with Gasteiger partial charge in [-0.25, -0.2) is 4.99 Å². The Kier molecular flexibility index (Phi) is 5.25. The van der Waals surface area contributed by atoms with Crippen LogP contribution in [0.2, 0.25) is 0 Å². The molecule has 5 nitrogen and oxygen atoms in total. The molecule has 3 rings (SSSR count). The first kappa shape index (κ1) is 16.6. The molecule has 0 N–H and O–H groups in total. The van der Waals surface area contributed by atoms with E-state index in [0.717, 1.165) is 35.1 Å². The van der Waals surface area contributed by atoms with Crippen LogP contribution >= 0.6 is 11.8 Å². The standard InChI is InChI=1S/C18H20N2O3S/c1-3-5-8-20-17(21)14(19-18(20)24-9-4-2)10-13-6-7-15-16(11-13)23-12-22-15/h4,6-7,10-11H,2-3,5,8-9,12H2,1H3/b14-10+. The van der Waals surface area contributed by atoms with Crippen molar-refractivity contribution in [1.29, 1.82) is 0 Å². The third-order valence-electron chi connectivity index (χ3n) is 3.68. The van der Waals surface area contributed by atoms with Gasteiger partial charge in [-0.2, -0.15) is 0 Å². The number of carbonyl (C=O) groups is 1. The predicted molar refractivity (Wildman–Crippen MR) is 97.3 cm³/mol. The molecule has 2 aliphatic rings. The largest absolute Gasteiger partial charge is 0.454 e. The number of hydrogen-bond acceptors (Lipinski definition) is 5. The number of fused-ring (bicyclic) bond motifs is 1. The smallest absolute Gasteiger partial charge is 0.278 e. The van der Waals surface area contributed by atoms with Crippen LogP contribution in [-0.4, -0.2) is 35.1 Å². The van der Waals surface area contributed by atoms with Crippen molar-refractivity contribution in [2.45, 2.75) is 19.8 Å². The number of ether oxygens (including phenoxy) is 2. The molecule has 0 atom stereocenters. The lowest BCUT2D eigenvalue weighted by Gasteiger charge is -2.16. The number of amides is 1. The minimum absolute atomic E-state index is 0.0484. The van der Waals surface area contributed by atoms with Gasteiger partial charge in [0.2, 0.25) is 6.79 Å². The normalized spacial score (nSPS) is 17.5. The molecular formula is C18H20N2O3S. The maximum atomic E-state index is 12.7. The molecular weight excluding hydrogens is 324 g/mol. The fourth-order valence-electron chi connectivity index (χ4n) is 2.45. The number of benzene rings is 1. The molecule has 0 bridgehead atoms. The summed E-state index contributed by atoms with van der Waals surface area (Å²) in [7, 11) is 0. The van der Waals surface area contributed by atoms with E-state index in [1.54, 1.807) is 11.0 Å². The van der Waals surface area contributed by atoms with E-state index in [-0.39, 0.29) is 12.7 Å². The second-order valence-electron chi connectivity index (χ2n) is 5.45. The van der Waals surface area contributed by atoms with Gasteiger partial charge in [-0.1, -0.05) is 37.2 Å². The fraction of sp³-hybridized carbons (Fsp3) is 0.333. The lowest BCUT2D eigenvalue weighted by atomic mass is 10.1. The molecule has 0 radical (unpaired) electrons. The highest BCUT2D eigenvalue weighted by molar-refractivity contribution is 8.14. The summed E-state index contributed by atoms with van der Waals surface area (Å²) in [6, 6.07) is 5.61. The highest BCUT2D eigenvalue weighted by Crippen LogP contribution is 2.33. The van der Waals surface area contributed by atoms with Gasteiger partial charge in [-0.3, -0.25) is 9.69 Å². The van der Waals surface area contributed by atoms with Crippen molar-refractivity contribution < 1.29 is 14.3 Å². The molecule has 24 heavy (non-hydrogen) atoms. The minimum atomic E-state index is -0.0484. The number of amidine groups is 1. The molecule has 0 spiro atoms. The van der Waals surface area contributed by atoms with E-state index < -0.39 is 0 Å². The molecule has 0 aromatic heterocycles. The van der Waals surface area contributed by atoms with Gasteiger partial charge in [0.1, 0.15) is 5.70 Å². The Morgan fingerprint density at radius 3 is 3.00 bits per heavy atom. The van der Waals surface area contributed by atoms with E-state index in [0.29, 0.717) is 18.0 Å². The summed E-state index contributed by atoms with van der Waals surface area (Å²) >= 11 is 1.53. The van der Waals surface area contributed by atoms with Crippen molar-refractivity contribution in [3.63, 3.8) is 0 Å². The summed E-state index contributed by atoms with van der Waals surface area (Å²) in [6.45, 7) is 6.76. The summed E-state index contributed by atoms with van der Waals surface area (Å²) < 4.78 is 10.7. The molecule has 126 valence electrons. The van der Waals surface area contributed by atoms with Crippen LogP contribution in [0.4, 0.5) is 0 Å². The van der Waals surface area contributed by atoms with Gasteiger partial charge in [0.25, 0.3) is 5.91 Å². The van der Waals surface area contributed by atoms with Crippen LogP contribution in [0.5, 0.6) is 11.5 Å². The van der Waals surface area contributed by atoms with Crippen LogP contribution in [-0.2, 0) is 4.79 Å². The van der Waals surface area contributed by atoms with Crippen molar-refractivity contribution in [3.05, 3.63) is 42.1 Å². The zero-order valence-electron chi connectivity index (χ0n) is 13.7. The third-order valence-corrected chi connectivity index (χ3v) is 4.65. The van der Waals surface area contributed by atoms with Crippen LogP contribution < -0.4 is 9.47 Å². The van der Waals surface area contributed by atoms with E-state index in [1.807, 2.05) is 24.3 Å². The van der Waals surface area contributed by atoms with Crippen LogP contribution in [0.25, 0.3) is 6.08 Å². The van der Waals surface area contributed by atoms with Crippen LogP contribution in [0.15, 0.2) is 41.5 Å². The van der Waals surface area contributed by atoms with Crippen molar-refractivity contribution >= 4 is 28.9 Å². The van der Waals surface area contributed by atoms with Gasteiger partial charge in [0.05, 0.1) is 0 Å². The zero-order chi connectivity index (χ0) is 16.9. The third kappa shape index (κ3) is 3.48. The predicted octanol–water partition coefficient (Wildman–Crippen LogP) is 3.67. The fourth-order valence-corrected chi connectivity index (χ4v) is 3.21. The summed E-state index contributed by atoms with van der Waals surface area (Å²) in [4.78, 5) is 19.0. The van der Waals surface area contributed by atoms with E-state index in [9.17, 15) is 4.79 Å². The van der Waals surface area contributed by atoms with Crippen LogP contribution in [0.3, 0.4) is 0 Å². The van der Waals surface area contributed by atoms with Gasteiger partial charge < -0.3 is 9.47 Å². The van der Waals surface area contributed by atoms with Crippen LogP contribution in [0, 0.1) is 0 Å². The van der Waals surface area contributed by atoms with Gasteiger partial charge >= 0.3 is 0 Å². The van der Waals surface area contributed by atoms with Gasteiger partial charge in [-0.15, -0.1) is 6.58 Å². The SMILES string of the molecule is C=CCSC1=N/C(=C/c2ccc3c(c2)OCO3)C(=O)N1CCCC. The van der Waals surface area contributed by atoms with Crippen molar-refractivity contribution in [2.75, 3.05) is 19.1 Å². The average Bonchev–Trinajstić information content (AvgIpc) is 3.16. The minimum Gasteiger partial charge on any atom is -0.454 e. The maximum Gasteiger partial charge on any atom is 0.278 e. The lowest BCUT2D eigenvalue weighted by Crippen LogP contribution is -2.31. The van der Waals surface area contributed by atoms with E-state index >= 15 is 0 Å². The topological polar surface area (TPSA) is 51.1 Å². The highest BCUT2D eigenvalue weighted by atomic mass is 32.2. The Morgan fingerprint density at radius 2 is 2.21 bits per heavy atom.